The van der Waals surface area contributed by atoms with Crippen molar-refractivity contribution in [1.29, 1.82) is 0 Å². The minimum absolute atomic E-state index is 0.0473. The second-order valence-corrected chi connectivity index (χ2v) is 20.0. The molecule has 0 aliphatic carbocycles. The predicted octanol–water partition coefficient (Wildman–Crippen LogP) is 18.5. The van der Waals surface area contributed by atoms with Gasteiger partial charge in [-0.1, -0.05) is 274 Å². The fourth-order valence-corrected chi connectivity index (χ4v) is 8.80. The van der Waals surface area contributed by atoms with Crippen LogP contribution >= 0.6 is 0 Å². The molecule has 1 amide bonds. The lowest BCUT2D eigenvalue weighted by Gasteiger charge is -2.23. The van der Waals surface area contributed by atoms with Crippen LogP contribution in [0.2, 0.25) is 0 Å². The van der Waals surface area contributed by atoms with Crippen molar-refractivity contribution < 1.29 is 24.5 Å². The van der Waals surface area contributed by atoms with E-state index in [1.807, 2.05) is 12.2 Å². The molecule has 0 bridgehead atoms. The van der Waals surface area contributed by atoms with Crippen LogP contribution in [0, 0.1) is 0 Å². The third kappa shape index (κ3) is 51.5. The van der Waals surface area contributed by atoms with E-state index < -0.39 is 18.2 Å². The lowest BCUT2D eigenvalue weighted by molar-refractivity contribution is -0.148. The van der Waals surface area contributed by atoms with Gasteiger partial charge in [0.1, 0.15) is 6.10 Å². The van der Waals surface area contributed by atoms with Crippen LogP contribution in [0.25, 0.3) is 0 Å². The van der Waals surface area contributed by atoms with E-state index in [4.69, 9.17) is 4.74 Å². The number of hydrogen-bond donors (Lipinski definition) is 3. The quantitative estimate of drug-likeness (QED) is 0.0321. The number of nitrogens with one attached hydrogen (secondary N) is 1. The number of ether oxygens (including phenoxy) is 1. The molecular formula is C63H113NO5. The molecule has 0 heterocycles. The summed E-state index contributed by atoms with van der Waals surface area (Å²) in [6.45, 7) is 6.36. The first kappa shape index (κ1) is 66.3. The second kappa shape index (κ2) is 56.2. The van der Waals surface area contributed by atoms with Gasteiger partial charge >= 0.3 is 5.97 Å². The molecule has 400 valence electrons. The van der Waals surface area contributed by atoms with E-state index in [-0.39, 0.29) is 24.9 Å². The van der Waals surface area contributed by atoms with Crippen LogP contribution in [0.1, 0.15) is 290 Å². The Kier molecular flexibility index (Phi) is 54.0. The van der Waals surface area contributed by atoms with Gasteiger partial charge in [0, 0.05) is 6.42 Å². The van der Waals surface area contributed by atoms with Gasteiger partial charge in [0.25, 0.3) is 0 Å². The van der Waals surface area contributed by atoms with E-state index in [0.717, 1.165) is 64.2 Å². The minimum Gasteiger partial charge on any atom is -0.458 e. The molecule has 6 nitrogen and oxygen atoms in total. The van der Waals surface area contributed by atoms with Crippen LogP contribution in [0.3, 0.4) is 0 Å². The van der Waals surface area contributed by atoms with Gasteiger partial charge in [0.15, 0.2) is 0 Å². The molecule has 0 fully saturated rings. The molecule has 0 saturated heterocycles. The number of allylic oxidation sites excluding steroid dienone is 11. The maximum absolute atomic E-state index is 13.2. The second-order valence-electron chi connectivity index (χ2n) is 20.0. The normalized spacial score (nSPS) is 13.6. The van der Waals surface area contributed by atoms with Crippen molar-refractivity contribution >= 4 is 11.9 Å². The molecule has 0 aromatic heterocycles. The highest BCUT2D eigenvalue weighted by Gasteiger charge is 2.23. The molecule has 69 heavy (non-hydrogen) atoms. The van der Waals surface area contributed by atoms with Crippen LogP contribution < -0.4 is 5.32 Å². The van der Waals surface area contributed by atoms with E-state index in [1.165, 1.54) is 180 Å². The van der Waals surface area contributed by atoms with E-state index in [0.29, 0.717) is 19.3 Å². The molecule has 0 aliphatic heterocycles. The summed E-state index contributed by atoms with van der Waals surface area (Å²) in [6, 6.07) is -0.745. The highest BCUT2D eigenvalue weighted by molar-refractivity contribution is 5.78. The van der Waals surface area contributed by atoms with Gasteiger partial charge in [-0.25, -0.2) is 0 Å². The van der Waals surface area contributed by atoms with Gasteiger partial charge < -0.3 is 20.3 Å². The Morgan fingerprint density at radius 1 is 0.449 bits per heavy atom. The van der Waals surface area contributed by atoms with E-state index in [9.17, 15) is 19.8 Å². The lowest BCUT2D eigenvalue weighted by Crippen LogP contribution is -2.46. The Labute approximate surface area is 428 Å². The predicted molar refractivity (Wildman–Crippen MR) is 301 cm³/mol. The molecule has 0 spiro atoms. The van der Waals surface area contributed by atoms with Gasteiger partial charge in [-0.05, 0) is 76.7 Å². The largest absolute Gasteiger partial charge is 0.458 e. The molecule has 6 heteroatoms. The van der Waals surface area contributed by atoms with Gasteiger partial charge in [-0.15, -0.1) is 0 Å². The van der Waals surface area contributed by atoms with Crippen molar-refractivity contribution in [3.8, 4) is 0 Å². The molecule has 0 aromatic carbocycles. The van der Waals surface area contributed by atoms with Crippen LogP contribution in [0.15, 0.2) is 72.9 Å². The average Bonchev–Trinajstić information content (AvgIpc) is 3.34. The molecule has 0 aliphatic rings. The van der Waals surface area contributed by atoms with E-state index in [2.05, 4.69) is 86.8 Å². The van der Waals surface area contributed by atoms with Crippen molar-refractivity contribution in [3.05, 3.63) is 72.9 Å². The third-order valence-corrected chi connectivity index (χ3v) is 13.3. The summed E-state index contributed by atoms with van der Waals surface area (Å²) in [5, 5.41) is 23.8. The SMILES string of the molecule is CC/C=C/C/C=C/C/C=C/C/C=C/C/C=C/C(CC(=O)NC(CO)C(O)CCCCCCCCCCCCCCCCCCC)OC(=O)CCCCCCCCCCC/C=C/CCCCCCCC. The van der Waals surface area contributed by atoms with Crippen LogP contribution in [0.5, 0.6) is 0 Å². The number of unbranched alkanes of at least 4 members (excludes halogenated alkanes) is 31. The summed E-state index contributed by atoms with van der Waals surface area (Å²) in [7, 11) is 0. The van der Waals surface area contributed by atoms with Gasteiger partial charge in [-0.2, -0.15) is 0 Å². The zero-order valence-electron chi connectivity index (χ0n) is 45.7. The number of carbonyl (C=O) groups is 2. The van der Waals surface area contributed by atoms with Crippen molar-refractivity contribution in [2.75, 3.05) is 6.61 Å². The van der Waals surface area contributed by atoms with Crippen LogP contribution in [-0.2, 0) is 14.3 Å². The molecule has 3 N–H and O–H groups in total. The number of aliphatic hydroxyl groups excluding tert-OH is 2. The monoisotopic (exact) mass is 964 g/mol. The average molecular weight is 965 g/mol. The summed E-state index contributed by atoms with van der Waals surface area (Å²) < 4.78 is 5.85. The minimum atomic E-state index is -0.822. The Morgan fingerprint density at radius 2 is 0.812 bits per heavy atom. The van der Waals surface area contributed by atoms with Crippen LogP contribution in [-0.4, -0.2) is 46.9 Å². The smallest absolute Gasteiger partial charge is 0.306 e. The molecule has 0 rings (SSSR count). The first-order valence-corrected chi connectivity index (χ1v) is 29.7. The van der Waals surface area contributed by atoms with E-state index >= 15 is 0 Å². The topological polar surface area (TPSA) is 95.9 Å². The third-order valence-electron chi connectivity index (χ3n) is 13.3. The van der Waals surface area contributed by atoms with Gasteiger partial charge in [0.05, 0.1) is 25.2 Å². The fourth-order valence-electron chi connectivity index (χ4n) is 8.80. The molecule has 3 atom stereocenters. The first-order chi connectivity index (χ1) is 34.0. The fraction of sp³-hybridized carbons (Fsp3) is 0.778. The zero-order valence-corrected chi connectivity index (χ0v) is 45.7. The molecular weight excluding hydrogens is 851 g/mol. The van der Waals surface area contributed by atoms with Gasteiger partial charge in [-0.3, -0.25) is 9.59 Å². The Bertz CT molecular complexity index is 1270. The number of hydrogen-bond acceptors (Lipinski definition) is 5. The first-order valence-electron chi connectivity index (χ1n) is 29.7. The zero-order chi connectivity index (χ0) is 50.2. The van der Waals surface area contributed by atoms with E-state index in [1.54, 1.807) is 0 Å². The highest BCUT2D eigenvalue weighted by Crippen LogP contribution is 2.17. The number of aliphatic hydroxyl groups is 2. The number of amides is 1. The maximum Gasteiger partial charge on any atom is 0.306 e. The van der Waals surface area contributed by atoms with Crippen molar-refractivity contribution in [2.45, 2.75) is 309 Å². The van der Waals surface area contributed by atoms with Crippen molar-refractivity contribution in [2.24, 2.45) is 0 Å². The summed E-state index contributed by atoms with van der Waals surface area (Å²) >= 11 is 0. The standard InChI is InChI=1S/C63H113NO5/c1-4-7-10-13-16-19-22-25-28-30-31-33-35-38-41-44-47-50-53-56-63(68)69-59(54-51-48-45-42-39-36-27-24-21-18-15-12-9-6-3)57-62(67)64-60(58-65)61(66)55-52-49-46-43-40-37-34-32-29-26-23-20-17-14-11-8-5-2/h9,12,18,21,25,27-28,36,42,45,51,54,59-61,65-66H,4-8,10-11,13-17,19-20,22-24,26,29-35,37-41,43-44,46-50,52-53,55-58H2,1-3H3,(H,64,67)/b12-9+,21-18+,28-25+,36-27+,45-42+,54-51+. The number of carbonyl (C=O) groups excluding carboxylic acids is 2. The van der Waals surface area contributed by atoms with Gasteiger partial charge in [0.2, 0.25) is 5.91 Å². The molecule has 0 aromatic rings. The maximum atomic E-state index is 13.2. The molecule has 3 unspecified atom stereocenters. The summed E-state index contributed by atoms with van der Waals surface area (Å²) in [4.78, 5) is 26.2. The molecule has 0 radical (unpaired) electrons. The summed E-state index contributed by atoms with van der Waals surface area (Å²) in [5.74, 6) is -0.624. The number of rotatable bonds is 53. The lowest BCUT2D eigenvalue weighted by atomic mass is 10.0. The molecule has 0 saturated carbocycles. The Balaban J connectivity index is 4.60. The van der Waals surface area contributed by atoms with Crippen molar-refractivity contribution in [1.82, 2.24) is 5.32 Å². The Hall–Kier alpha value is -2.70. The highest BCUT2D eigenvalue weighted by atomic mass is 16.5. The summed E-state index contributed by atoms with van der Waals surface area (Å²) in [6.07, 6.45) is 72.9. The number of esters is 1. The summed E-state index contributed by atoms with van der Waals surface area (Å²) in [5.41, 5.74) is 0. The van der Waals surface area contributed by atoms with Crippen molar-refractivity contribution in [3.63, 3.8) is 0 Å². The van der Waals surface area contributed by atoms with Crippen LogP contribution in [0.4, 0.5) is 0 Å². The Morgan fingerprint density at radius 3 is 1.22 bits per heavy atom.